The number of hydrogen-bond acceptors (Lipinski definition) is 6. The first-order chi connectivity index (χ1) is 20.1. The second-order valence-corrected chi connectivity index (χ2v) is 17.5. The Morgan fingerprint density at radius 3 is 2.35 bits per heavy atom. The van der Waals surface area contributed by atoms with Gasteiger partial charge in [0.1, 0.15) is 0 Å². The molecule has 0 aromatic carbocycles. The van der Waals surface area contributed by atoms with Gasteiger partial charge in [-0.25, -0.2) is 0 Å². The monoisotopic (exact) mass is 627 g/mol. The van der Waals surface area contributed by atoms with Gasteiger partial charge in [0.2, 0.25) is 13.3 Å². The summed E-state index contributed by atoms with van der Waals surface area (Å²) in [5.41, 5.74) is 0.0385. The van der Waals surface area contributed by atoms with Crippen LogP contribution in [0.1, 0.15) is 97.8 Å². The average molecular weight is 628 g/mol. The molecule has 246 valence electrons. The van der Waals surface area contributed by atoms with Crippen LogP contribution < -0.4 is 5.32 Å². The van der Waals surface area contributed by atoms with Crippen LogP contribution in [0.5, 0.6) is 0 Å². The Morgan fingerprint density at radius 2 is 1.67 bits per heavy atom. The highest BCUT2D eigenvalue weighted by molar-refractivity contribution is 7.58. The third-order valence-corrected chi connectivity index (χ3v) is 14.6. The second kappa shape index (κ2) is 13.5. The van der Waals surface area contributed by atoms with Crippen molar-refractivity contribution in [2.45, 2.75) is 110 Å². The van der Waals surface area contributed by atoms with Crippen molar-refractivity contribution in [3.8, 4) is 0 Å². The normalized spacial score (nSPS) is 39.8. The number of amides is 1. The van der Waals surface area contributed by atoms with Crippen LogP contribution in [0.15, 0.2) is 0 Å². The summed E-state index contributed by atoms with van der Waals surface area (Å²) in [7, 11) is -3.92. The van der Waals surface area contributed by atoms with Crippen LogP contribution in [0.2, 0.25) is 0 Å². The van der Waals surface area contributed by atoms with Crippen LogP contribution in [0.25, 0.3) is 0 Å². The molecule has 12 atom stereocenters. The Morgan fingerprint density at radius 1 is 0.953 bits per heavy atom. The van der Waals surface area contributed by atoms with Gasteiger partial charge in [-0.15, -0.1) is 0 Å². The van der Waals surface area contributed by atoms with Gasteiger partial charge in [-0.1, -0.05) is 20.8 Å². The molecule has 4 saturated carbocycles. The first-order valence-electron chi connectivity index (χ1n) is 16.5. The van der Waals surface area contributed by atoms with Crippen molar-refractivity contribution < 1.29 is 44.3 Å². The fourth-order valence-electron chi connectivity index (χ4n) is 10.2. The van der Waals surface area contributed by atoms with Gasteiger partial charge in [-0.05, 0) is 111 Å². The summed E-state index contributed by atoms with van der Waals surface area (Å²) in [6, 6.07) is 0. The van der Waals surface area contributed by atoms with Crippen molar-refractivity contribution >= 4 is 25.2 Å². The van der Waals surface area contributed by atoms with Crippen molar-refractivity contribution in [1.82, 2.24) is 5.32 Å². The molecule has 5 unspecified atom stereocenters. The second-order valence-electron chi connectivity index (χ2n) is 15.0. The van der Waals surface area contributed by atoms with E-state index in [-0.39, 0.29) is 53.9 Å². The number of hydrogen-bond donors (Lipinski definition) is 6. The lowest BCUT2D eigenvalue weighted by Gasteiger charge is -2.62. The Bertz CT molecular complexity index is 1090. The van der Waals surface area contributed by atoms with E-state index in [9.17, 15) is 39.2 Å². The summed E-state index contributed by atoms with van der Waals surface area (Å²) in [4.78, 5) is 44.9. The van der Waals surface area contributed by atoms with Crippen molar-refractivity contribution in [3.05, 3.63) is 0 Å². The Labute approximate surface area is 255 Å². The minimum Gasteiger partial charge on any atom is -0.481 e. The lowest BCUT2D eigenvalue weighted by molar-refractivity contribution is -0.174. The van der Waals surface area contributed by atoms with E-state index >= 15 is 0 Å². The third kappa shape index (κ3) is 7.34. The first-order valence-corrected chi connectivity index (χ1v) is 18.5. The molecule has 4 fully saturated rings. The van der Waals surface area contributed by atoms with Crippen LogP contribution in [0.4, 0.5) is 0 Å². The molecule has 0 heterocycles. The maximum absolute atomic E-state index is 12.6. The van der Waals surface area contributed by atoms with Crippen molar-refractivity contribution in [1.29, 1.82) is 0 Å². The van der Waals surface area contributed by atoms with Gasteiger partial charge < -0.3 is 30.6 Å². The van der Waals surface area contributed by atoms with E-state index < -0.39 is 37.8 Å². The summed E-state index contributed by atoms with van der Waals surface area (Å²) in [6.45, 7) is 7.35. The highest BCUT2D eigenvalue weighted by Crippen LogP contribution is 2.68. The number of aliphatic hydroxyl groups excluding tert-OH is 2. The van der Waals surface area contributed by atoms with Gasteiger partial charge in [0.05, 0.1) is 18.1 Å². The molecule has 11 heteroatoms. The third-order valence-electron chi connectivity index (χ3n) is 12.7. The van der Waals surface area contributed by atoms with E-state index in [2.05, 4.69) is 26.1 Å². The molecule has 0 radical (unpaired) electrons. The standard InChI is InChI=1S/C32H54NO9P/c1-19(11-14-33-28(36)12-15-43(41,42)18-20(30(39)40)4-9-29(37)38)24-7-8-25-23-6-5-21-16-22(34)10-13-31(21,2)26(23)17-27(35)32(24,25)3/h19-27,34-35H,4-18H2,1-3H3,(H,33,36)(H,37,38)(H,39,40)(H,41,42)/t19-,20?,21-,22-,23?,24-,25?,26?,27+,31+,32-/m1/s1. The van der Waals surface area contributed by atoms with Crippen LogP contribution >= 0.6 is 7.37 Å². The fourth-order valence-corrected chi connectivity index (χ4v) is 12.0. The summed E-state index contributed by atoms with van der Waals surface area (Å²) in [6.07, 6.45) is 6.64. The number of fused-ring (bicyclic) bond motifs is 5. The Kier molecular flexibility index (Phi) is 10.8. The number of aliphatic hydroxyl groups is 2. The van der Waals surface area contributed by atoms with Crippen molar-refractivity contribution in [2.75, 3.05) is 18.9 Å². The molecule has 0 aliphatic heterocycles. The Balaban J connectivity index is 1.27. The van der Waals surface area contributed by atoms with Crippen LogP contribution in [0.3, 0.4) is 0 Å². The van der Waals surface area contributed by atoms with Crippen molar-refractivity contribution in [3.63, 3.8) is 0 Å². The fraction of sp³-hybridized carbons (Fsp3) is 0.906. The molecule has 6 N–H and O–H groups in total. The van der Waals surface area contributed by atoms with Gasteiger partial charge in [-0.2, -0.15) is 0 Å². The zero-order chi connectivity index (χ0) is 31.7. The van der Waals surface area contributed by atoms with Gasteiger partial charge in [0.25, 0.3) is 0 Å². The smallest absolute Gasteiger partial charge is 0.307 e. The van der Waals surface area contributed by atoms with Gasteiger partial charge in [0, 0.05) is 31.7 Å². The summed E-state index contributed by atoms with van der Waals surface area (Å²) in [5, 5.41) is 43.0. The number of carbonyl (C=O) groups excluding carboxylic acids is 1. The number of aliphatic carboxylic acids is 2. The molecular formula is C32H54NO9P. The summed E-state index contributed by atoms with van der Waals surface area (Å²) >= 11 is 0. The molecule has 43 heavy (non-hydrogen) atoms. The van der Waals surface area contributed by atoms with E-state index in [1.165, 1.54) is 12.8 Å². The summed E-state index contributed by atoms with van der Waals surface area (Å²) < 4.78 is 12.6. The first kappa shape index (κ1) is 34.4. The molecule has 0 saturated heterocycles. The van der Waals surface area contributed by atoms with Crippen LogP contribution in [-0.2, 0) is 18.9 Å². The predicted molar refractivity (Wildman–Crippen MR) is 162 cm³/mol. The number of nitrogens with one attached hydrogen (secondary N) is 1. The molecule has 0 aromatic rings. The maximum Gasteiger partial charge on any atom is 0.307 e. The number of carbonyl (C=O) groups is 3. The number of carboxylic acid groups (broad SMARTS) is 2. The minimum absolute atomic E-state index is 0.160. The summed E-state index contributed by atoms with van der Waals surface area (Å²) in [5.74, 6) is -1.31. The molecule has 0 spiro atoms. The molecule has 4 aliphatic rings. The lowest BCUT2D eigenvalue weighted by Crippen LogP contribution is -2.58. The largest absolute Gasteiger partial charge is 0.481 e. The maximum atomic E-state index is 12.6. The average Bonchev–Trinajstić information content (AvgIpc) is 3.29. The highest BCUT2D eigenvalue weighted by atomic mass is 31.2. The van der Waals surface area contributed by atoms with E-state index in [0.717, 1.165) is 44.9 Å². The topological polar surface area (TPSA) is 181 Å². The Hall–Kier alpha value is -1.48. The predicted octanol–water partition coefficient (Wildman–Crippen LogP) is 4.35. The van der Waals surface area contributed by atoms with Crippen LogP contribution in [0, 0.1) is 52.3 Å². The number of rotatable bonds is 13. The van der Waals surface area contributed by atoms with Crippen molar-refractivity contribution in [2.24, 2.45) is 52.3 Å². The SMILES string of the molecule is C[C@H](CCNC(=O)CCP(=O)(O)CC(CCC(=O)O)C(=O)O)[C@H]1CCC2C3CC[C@@H]4C[C@H](O)CC[C@]4(C)C3C[C@H](O)[C@@]21C. The van der Waals surface area contributed by atoms with E-state index in [1.807, 2.05) is 0 Å². The zero-order valence-corrected chi connectivity index (χ0v) is 27.0. The van der Waals surface area contributed by atoms with Crippen LogP contribution in [-0.4, -0.2) is 74.2 Å². The zero-order valence-electron chi connectivity index (χ0n) is 26.1. The molecule has 4 rings (SSSR count). The van der Waals surface area contributed by atoms with Gasteiger partial charge in [0.15, 0.2) is 0 Å². The molecular weight excluding hydrogens is 573 g/mol. The van der Waals surface area contributed by atoms with Gasteiger partial charge >= 0.3 is 11.9 Å². The minimum atomic E-state index is -3.92. The quantitative estimate of drug-likeness (QED) is 0.162. The molecule has 1 amide bonds. The molecule has 0 bridgehead atoms. The van der Waals surface area contributed by atoms with E-state index in [0.29, 0.717) is 36.1 Å². The molecule has 4 aliphatic carbocycles. The van der Waals surface area contributed by atoms with Gasteiger partial charge in [-0.3, -0.25) is 18.9 Å². The molecule has 0 aromatic heterocycles. The number of carboxylic acids is 2. The van der Waals surface area contributed by atoms with E-state index in [1.54, 1.807) is 0 Å². The molecule has 10 nitrogen and oxygen atoms in total. The lowest BCUT2D eigenvalue weighted by atomic mass is 9.43. The van der Waals surface area contributed by atoms with E-state index in [4.69, 9.17) is 5.11 Å². The highest BCUT2D eigenvalue weighted by Gasteiger charge is 2.63.